The molecule has 1 saturated heterocycles. The quantitative estimate of drug-likeness (QED) is 0.635. The molecular weight excluding hydrogens is 326 g/mol. The molecule has 140 valence electrons. The van der Waals surface area contributed by atoms with Gasteiger partial charge in [-0.25, -0.2) is 4.57 Å². The van der Waals surface area contributed by atoms with Crippen LogP contribution in [0.15, 0.2) is 47.3 Å². The zero-order chi connectivity index (χ0) is 18.2. The summed E-state index contributed by atoms with van der Waals surface area (Å²) in [6.07, 6.45) is 15.8. The maximum absolute atomic E-state index is 6.04. The lowest BCUT2D eigenvalue weighted by atomic mass is 10.1. The first-order valence-electron chi connectivity index (χ1n) is 9.78. The monoisotopic (exact) mass is 356 g/mol. The second-order valence-electron chi connectivity index (χ2n) is 6.86. The molecule has 3 rings (SSSR count). The Bertz CT molecular complexity index is 651. The van der Waals surface area contributed by atoms with Crippen molar-refractivity contribution in [2.45, 2.75) is 71.0 Å². The molecule has 0 radical (unpaired) electrons. The highest BCUT2D eigenvalue weighted by Crippen LogP contribution is 2.24. The van der Waals surface area contributed by atoms with E-state index in [4.69, 9.17) is 13.9 Å². The van der Waals surface area contributed by atoms with Gasteiger partial charge in [0.2, 0.25) is 0 Å². The molecule has 0 N–H and O–H groups in total. The number of ether oxygens (including phenoxy) is 2. The molecule has 4 heteroatoms. The summed E-state index contributed by atoms with van der Waals surface area (Å²) < 4.78 is 19.6. The van der Waals surface area contributed by atoms with Gasteiger partial charge in [-0.1, -0.05) is 19.9 Å². The van der Waals surface area contributed by atoms with Gasteiger partial charge in [-0.3, -0.25) is 0 Å². The fourth-order valence-corrected chi connectivity index (χ4v) is 3.26. The summed E-state index contributed by atoms with van der Waals surface area (Å²) >= 11 is 0. The van der Waals surface area contributed by atoms with Crippen LogP contribution >= 0.6 is 0 Å². The zero-order valence-electron chi connectivity index (χ0n) is 15.8. The summed E-state index contributed by atoms with van der Waals surface area (Å²) in [5.74, 6) is 0.866. The Morgan fingerprint density at radius 3 is 2.38 bits per heavy atom. The van der Waals surface area contributed by atoms with Gasteiger partial charge in [-0.15, -0.1) is 0 Å². The van der Waals surface area contributed by atoms with Crippen LogP contribution in [0, 0.1) is 0 Å². The van der Waals surface area contributed by atoms with Gasteiger partial charge in [0.25, 0.3) is 0 Å². The number of hydrogen-bond donors (Lipinski definition) is 0. The lowest BCUT2D eigenvalue weighted by Crippen LogP contribution is -2.39. The van der Waals surface area contributed by atoms with Gasteiger partial charge in [0.1, 0.15) is 12.3 Å². The van der Waals surface area contributed by atoms with Gasteiger partial charge in [0.05, 0.1) is 18.5 Å². The fraction of sp³-hybridized carbons (Fsp3) is 0.500. The smallest absolute Gasteiger partial charge is 0.169 e. The summed E-state index contributed by atoms with van der Waals surface area (Å²) in [4.78, 5) is 0. The Hall–Kier alpha value is -1.91. The van der Waals surface area contributed by atoms with Crippen LogP contribution in [0.3, 0.4) is 0 Å². The molecular formula is C22H30NO3+. The van der Waals surface area contributed by atoms with E-state index in [1.807, 2.05) is 18.2 Å². The minimum absolute atomic E-state index is 0.0465. The summed E-state index contributed by atoms with van der Waals surface area (Å²) in [7, 11) is 0. The molecule has 2 aromatic rings. The molecule has 4 nitrogen and oxygen atoms in total. The second kappa shape index (κ2) is 9.70. The van der Waals surface area contributed by atoms with E-state index in [2.05, 4.69) is 49.0 Å². The van der Waals surface area contributed by atoms with E-state index < -0.39 is 0 Å². The third-order valence-corrected chi connectivity index (χ3v) is 4.88. The summed E-state index contributed by atoms with van der Waals surface area (Å²) in [6.45, 7) is 5.36. The van der Waals surface area contributed by atoms with E-state index in [-0.39, 0.29) is 6.29 Å². The molecule has 0 aliphatic carbocycles. The van der Waals surface area contributed by atoms with Crippen LogP contribution in [0.4, 0.5) is 0 Å². The predicted molar refractivity (Wildman–Crippen MR) is 102 cm³/mol. The minimum atomic E-state index is -0.0465. The Balaban J connectivity index is 1.44. The predicted octanol–water partition coefficient (Wildman–Crippen LogP) is 4.84. The average Bonchev–Trinajstić information content (AvgIpc) is 3.20. The Kier molecular flexibility index (Phi) is 7.04. The number of rotatable bonds is 8. The minimum Gasteiger partial charge on any atom is -0.465 e. The van der Waals surface area contributed by atoms with Gasteiger partial charge in [0.15, 0.2) is 18.7 Å². The summed E-state index contributed by atoms with van der Waals surface area (Å²) in [5.41, 5.74) is 1.16. The number of aryl methyl sites for hydroxylation is 1. The van der Waals surface area contributed by atoms with E-state index in [0.29, 0.717) is 12.2 Å². The van der Waals surface area contributed by atoms with E-state index in [1.54, 1.807) is 6.26 Å². The Morgan fingerprint density at radius 1 is 1.04 bits per heavy atom. The van der Waals surface area contributed by atoms with Gasteiger partial charge >= 0.3 is 0 Å². The normalized spacial score (nSPS) is 23.5. The summed E-state index contributed by atoms with van der Waals surface area (Å²) in [6, 6.07) is 8.07. The highest BCUT2D eigenvalue weighted by molar-refractivity contribution is 5.66. The number of hydrogen-bond acceptors (Lipinski definition) is 3. The van der Waals surface area contributed by atoms with Gasteiger partial charge in [0, 0.05) is 25.0 Å². The molecule has 1 fully saturated rings. The van der Waals surface area contributed by atoms with Gasteiger partial charge in [-0.05, 0) is 43.0 Å². The lowest BCUT2D eigenvalue weighted by Gasteiger charge is -2.35. The van der Waals surface area contributed by atoms with Crippen molar-refractivity contribution in [1.29, 1.82) is 0 Å². The Labute approximate surface area is 156 Å². The molecule has 0 amide bonds. The molecule has 2 unspecified atom stereocenters. The molecule has 3 heterocycles. The van der Waals surface area contributed by atoms with Gasteiger partial charge < -0.3 is 13.9 Å². The van der Waals surface area contributed by atoms with Crippen molar-refractivity contribution >= 4 is 12.2 Å². The Morgan fingerprint density at radius 2 is 1.77 bits per heavy atom. The van der Waals surface area contributed by atoms with E-state index in [0.717, 1.165) is 50.0 Å². The largest absolute Gasteiger partial charge is 0.465 e. The second-order valence-corrected chi connectivity index (χ2v) is 6.86. The van der Waals surface area contributed by atoms with E-state index in [9.17, 15) is 0 Å². The van der Waals surface area contributed by atoms with Gasteiger partial charge in [-0.2, -0.15) is 0 Å². The third-order valence-electron chi connectivity index (χ3n) is 4.88. The first kappa shape index (κ1) is 18.9. The van der Waals surface area contributed by atoms with E-state index >= 15 is 0 Å². The van der Waals surface area contributed by atoms with Crippen LogP contribution in [-0.4, -0.2) is 18.5 Å². The first-order valence-corrected chi connectivity index (χ1v) is 9.78. The van der Waals surface area contributed by atoms with Crippen LogP contribution in [0.5, 0.6) is 0 Å². The third kappa shape index (κ3) is 5.55. The van der Waals surface area contributed by atoms with Crippen molar-refractivity contribution in [2.75, 3.05) is 0 Å². The van der Waals surface area contributed by atoms with Crippen molar-refractivity contribution in [3.8, 4) is 0 Å². The van der Waals surface area contributed by atoms with Crippen LogP contribution in [0.25, 0.3) is 12.2 Å². The first-order chi connectivity index (χ1) is 12.8. The number of nitrogens with zero attached hydrogens (tertiary/aromatic N) is 1. The molecule has 0 spiro atoms. The summed E-state index contributed by atoms with van der Waals surface area (Å²) in [5, 5.41) is 0. The van der Waals surface area contributed by atoms with Crippen molar-refractivity contribution in [1.82, 2.24) is 0 Å². The molecule has 1 aliphatic rings. The highest BCUT2D eigenvalue weighted by Gasteiger charge is 2.27. The average molecular weight is 356 g/mol. The zero-order valence-corrected chi connectivity index (χ0v) is 15.8. The van der Waals surface area contributed by atoms with Crippen molar-refractivity contribution < 1.29 is 18.5 Å². The van der Waals surface area contributed by atoms with Crippen molar-refractivity contribution in [2.24, 2.45) is 0 Å². The highest BCUT2D eigenvalue weighted by atomic mass is 16.7. The number of aromatic nitrogens is 1. The SMILES string of the molecule is CCC1CC(CC)OC(CCC[n+]2ccc(C=Cc3ccco3)cc2)O1. The van der Waals surface area contributed by atoms with Crippen LogP contribution < -0.4 is 4.57 Å². The molecule has 26 heavy (non-hydrogen) atoms. The standard InChI is InChI=1S/C22H30NO3/c1-3-19-17-20(4-2)26-22(25-19)8-5-13-23-14-11-18(12-15-23)9-10-21-7-6-16-24-21/h6-7,9-12,14-16,19-20,22H,3-5,8,13,17H2,1-2H3/q+1. The molecule has 0 saturated carbocycles. The molecule has 2 atom stereocenters. The van der Waals surface area contributed by atoms with Crippen LogP contribution in [0.1, 0.15) is 57.3 Å². The molecule has 0 aromatic carbocycles. The lowest BCUT2D eigenvalue weighted by molar-refractivity contribution is -0.697. The fourth-order valence-electron chi connectivity index (χ4n) is 3.26. The molecule has 0 bridgehead atoms. The van der Waals surface area contributed by atoms with E-state index in [1.165, 1.54) is 0 Å². The van der Waals surface area contributed by atoms with Crippen LogP contribution in [-0.2, 0) is 16.0 Å². The van der Waals surface area contributed by atoms with Crippen molar-refractivity contribution in [3.05, 3.63) is 54.2 Å². The van der Waals surface area contributed by atoms with Crippen molar-refractivity contribution in [3.63, 3.8) is 0 Å². The maximum Gasteiger partial charge on any atom is 0.169 e. The number of pyridine rings is 1. The molecule has 1 aliphatic heterocycles. The van der Waals surface area contributed by atoms with Crippen LogP contribution in [0.2, 0.25) is 0 Å². The molecule has 2 aromatic heterocycles. The number of furan rings is 1. The maximum atomic E-state index is 6.04. The topological polar surface area (TPSA) is 35.5 Å².